The normalized spacial score (nSPS) is 32.2. The minimum atomic E-state index is -0.183. The molecule has 106 valence electrons. The average Bonchev–Trinajstić information content (AvgIpc) is 2.99. The van der Waals surface area contributed by atoms with Crippen molar-refractivity contribution in [3.63, 3.8) is 0 Å². The van der Waals surface area contributed by atoms with E-state index in [9.17, 15) is 10.2 Å². The summed E-state index contributed by atoms with van der Waals surface area (Å²) in [5.74, 6) is 0. The summed E-state index contributed by atoms with van der Waals surface area (Å²) in [4.78, 5) is 4.89. The molecule has 0 bridgehead atoms. The van der Waals surface area contributed by atoms with Crippen LogP contribution in [0.4, 0.5) is 0 Å². The van der Waals surface area contributed by atoms with Gasteiger partial charge in [0.2, 0.25) is 0 Å². The minimum Gasteiger partial charge on any atom is -0.395 e. The van der Waals surface area contributed by atoms with Gasteiger partial charge in [-0.2, -0.15) is 0 Å². The van der Waals surface area contributed by atoms with Crippen LogP contribution >= 0.6 is 0 Å². The maximum absolute atomic E-state index is 9.80. The highest BCUT2D eigenvalue weighted by Gasteiger charge is 2.31. The molecule has 2 aliphatic heterocycles. The minimum absolute atomic E-state index is 0.183. The van der Waals surface area contributed by atoms with Crippen LogP contribution in [0.5, 0.6) is 0 Å². The van der Waals surface area contributed by atoms with E-state index in [0.29, 0.717) is 18.7 Å². The molecule has 0 aliphatic carbocycles. The summed E-state index contributed by atoms with van der Waals surface area (Å²) in [5.41, 5.74) is 0. The number of likely N-dealkylation sites (tertiary alicyclic amines) is 2. The second-order valence-electron chi connectivity index (χ2n) is 5.83. The van der Waals surface area contributed by atoms with Crippen LogP contribution in [0.1, 0.15) is 39.0 Å². The molecule has 0 aromatic rings. The number of β-amino-alcohol motifs (C(OH)–C–C–N with tert-alkyl or cyclic N) is 1. The van der Waals surface area contributed by atoms with Crippen LogP contribution in [0, 0.1) is 0 Å². The van der Waals surface area contributed by atoms with Crippen LogP contribution in [0.3, 0.4) is 0 Å². The molecule has 2 fully saturated rings. The smallest absolute Gasteiger partial charge is 0.0664 e. The summed E-state index contributed by atoms with van der Waals surface area (Å²) in [6.45, 7) is 6.48. The van der Waals surface area contributed by atoms with E-state index in [-0.39, 0.29) is 6.10 Å². The van der Waals surface area contributed by atoms with Crippen LogP contribution in [-0.2, 0) is 0 Å². The number of aliphatic hydroxyl groups is 2. The Labute approximate surface area is 111 Å². The van der Waals surface area contributed by atoms with Gasteiger partial charge >= 0.3 is 0 Å². The summed E-state index contributed by atoms with van der Waals surface area (Å²) in [6, 6.07) is 0.960. The predicted octanol–water partition coefficient (Wildman–Crippen LogP) is 0.678. The fourth-order valence-corrected chi connectivity index (χ4v) is 3.36. The number of rotatable bonds is 6. The molecule has 3 atom stereocenters. The third-order valence-electron chi connectivity index (χ3n) is 4.57. The summed E-state index contributed by atoms with van der Waals surface area (Å²) in [5, 5.41) is 19.2. The summed E-state index contributed by atoms with van der Waals surface area (Å²) >= 11 is 0. The third-order valence-corrected chi connectivity index (χ3v) is 4.57. The Morgan fingerprint density at radius 3 is 2.44 bits per heavy atom. The second kappa shape index (κ2) is 6.85. The Kier molecular flexibility index (Phi) is 5.42. The molecule has 18 heavy (non-hydrogen) atoms. The van der Waals surface area contributed by atoms with E-state index in [4.69, 9.17) is 0 Å². The van der Waals surface area contributed by atoms with Gasteiger partial charge in [-0.25, -0.2) is 0 Å². The first-order chi connectivity index (χ1) is 8.74. The molecule has 2 rings (SSSR count). The van der Waals surface area contributed by atoms with Crippen molar-refractivity contribution in [2.75, 3.05) is 32.8 Å². The first-order valence-electron chi connectivity index (χ1n) is 7.51. The largest absolute Gasteiger partial charge is 0.395 e. The van der Waals surface area contributed by atoms with Crippen molar-refractivity contribution >= 4 is 0 Å². The lowest BCUT2D eigenvalue weighted by molar-refractivity contribution is 0.0794. The van der Waals surface area contributed by atoms with Crippen LogP contribution in [-0.4, -0.2) is 71.0 Å². The average molecular weight is 256 g/mol. The van der Waals surface area contributed by atoms with E-state index in [1.165, 1.54) is 19.3 Å². The Bertz CT molecular complexity index is 250. The van der Waals surface area contributed by atoms with Crippen LogP contribution in [0.15, 0.2) is 0 Å². The van der Waals surface area contributed by atoms with E-state index < -0.39 is 0 Å². The second-order valence-corrected chi connectivity index (χ2v) is 5.83. The molecule has 2 heterocycles. The highest BCUT2D eigenvalue weighted by atomic mass is 16.3. The van der Waals surface area contributed by atoms with Gasteiger partial charge in [0.1, 0.15) is 0 Å². The monoisotopic (exact) mass is 256 g/mol. The number of hydrogen-bond donors (Lipinski definition) is 2. The molecule has 2 N–H and O–H groups in total. The summed E-state index contributed by atoms with van der Waals surface area (Å²) in [6.07, 6.45) is 5.50. The zero-order valence-corrected chi connectivity index (χ0v) is 11.6. The maximum Gasteiger partial charge on any atom is 0.0664 e. The van der Waals surface area contributed by atoms with Crippen LogP contribution < -0.4 is 0 Å². The molecule has 0 aromatic carbocycles. The molecule has 4 heteroatoms. The first-order valence-corrected chi connectivity index (χ1v) is 7.51. The van der Waals surface area contributed by atoms with E-state index in [2.05, 4.69) is 9.80 Å². The van der Waals surface area contributed by atoms with Gasteiger partial charge in [0.25, 0.3) is 0 Å². The van der Waals surface area contributed by atoms with Gasteiger partial charge in [-0.3, -0.25) is 9.80 Å². The lowest BCUT2D eigenvalue weighted by atomic mass is 10.1. The lowest BCUT2D eigenvalue weighted by Crippen LogP contribution is -2.45. The standard InChI is InChI=1S/C14H28N2O2/c1-2-14(18)10-16-8-3-5-12(16)9-15-7-4-6-13(15)11-17/h12-14,17-18H,2-11H2,1H3/t12?,13?,14-/m1/s1. The van der Waals surface area contributed by atoms with Crippen molar-refractivity contribution < 1.29 is 10.2 Å². The SMILES string of the molecule is CC[C@@H](O)CN1CCCC1CN1CCCC1CO. The number of hydrogen-bond acceptors (Lipinski definition) is 4. The van der Waals surface area contributed by atoms with Crippen LogP contribution in [0.2, 0.25) is 0 Å². The fourth-order valence-electron chi connectivity index (χ4n) is 3.36. The van der Waals surface area contributed by atoms with Gasteiger partial charge in [-0.05, 0) is 45.2 Å². The zero-order chi connectivity index (χ0) is 13.0. The molecule has 0 aromatic heterocycles. The van der Waals surface area contributed by atoms with Crippen LogP contribution in [0.25, 0.3) is 0 Å². The topological polar surface area (TPSA) is 46.9 Å². The molecule has 0 amide bonds. The van der Waals surface area contributed by atoms with Crippen molar-refractivity contribution in [3.05, 3.63) is 0 Å². The Morgan fingerprint density at radius 2 is 1.78 bits per heavy atom. The highest BCUT2D eigenvalue weighted by Crippen LogP contribution is 2.23. The first kappa shape index (κ1) is 14.3. The molecular weight excluding hydrogens is 228 g/mol. The van der Waals surface area contributed by atoms with E-state index >= 15 is 0 Å². The Hall–Kier alpha value is -0.160. The number of aliphatic hydroxyl groups excluding tert-OH is 2. The van der Waals surface area contributed by atoms with E-state index in [1.54, 1.807) is 0 Å². The molecular formula is C14H28N2O2. The third kappa shape index (κ3) is 3.44. The molecule has 2 saturated heterocycles. The van der Waals surface area contributed by atoms with Gasteiger partial charge in [0.15, 0.2) is 0 Å². The van der Waals surface area contributed by atoms with Gasteiger partial charge in [-0.15, -0.1) is 0 Å². The van der Waals surface area contributed by atoms with Gasteiger partial charge in [0, 0.05) is 25.2 Å². The molecule has 4 nitrogen and oxygen atoms in total. The lowest BCUT2D eigenvalue weighted by Gasteiger charge is -2.32. The summed E-state index contributed by atoms with van der Waals surface area (Å²) < 4.78 is 0. The zero-order valence-electron chi connectivity index (χ0n) is 11.6. The van der Waals surface area contributed by atoms with E-state index in [1.807, 2.05) is 6.92 Å². The summed E-state index contributed by atoms with van der Waals surface area (Å²) in [7, 11) is 0. The highest BCUT2D eigenvalue weighted by molar-refractivity contribution is 4.87. The quantitative estimate of drug-likeness (QED) is 0.733. The van der Waals surface area contributed by atoms with Gasteiger partial charge in [-0.1, -0.05) is 6.92 Å². The van der Waals surface area contributed by atoms with Gasteiger partial charge < -0.3 is 10.2 Å². The van der Waals surface area contributed by atoms with Crippen molar-refractivity contribution in [3.8, 4) is 0 Å². The van der Waals surface area contributed by atoms with Crippen molar-refractivity contribution in [1.29, 1.82) is 0 Å². The molecule has 0 radical (unpaired) electrons. The molecule has 2 unspecified atom stereocenters. The molecule has 0 spiro atoms. The Morgan fingerprint density at radius 1 is 1.11 bits per heavy atom. The molecule has 2 aliphatic rings. The predicted molar refractivity (Wildman–Crippen MR) is 72.6 cm³/mol. The van der Waals surface area contributed by atoms with Crippen molar-refractivity contribution in [2.24, 2.45) is 0 Å². The molecule has 0 saturated carbocycles. The van der Waals surface area contributed by atoms with Crippen molar-refractivity contribution in [1.82, 2.24) is 9.80 Å². The Balaban J connectivity index is 1.83. The van der Waals surface area contributed by atoms with Gasteiger partial charge in [0.05, 0.1) is 12.7 Å². The fraction of sp³-hybridized carbons (Fsp3) is 1.00. The van der Waals surface area contributed by atoms with E-state index in [0.717, 1.165) is 39.0 Å². The number of nitrogens with zero attached hydrogens (tertiary/aromatic N) is 2. The maximum atomic E-state index is 9.80. The van der Waals surface area contributed by atoms with Crippen molar-refractivity contribution in [2.45, 2.75) is 57.2 Å².